The summed E-state index contributed by atoms with van der Waals surface area (Å²) in [5, 5.41) is 0. The van der Waals surface area contributed by atoms with Crippen LogP contribution in [0.4, 0.5) is 0 Å². The minimum Gasteiger partial charge on any atom is -0.367 e. The predicted octanol–water partition coefficient (Wildman–Crippen LogP) is 0.380. The Bertz CT molecular complexity index is 162. The maximum atomic E-state index is 3.14. The number of nitrogens with zero attached hydrogens (tertiary/aromatic N) is 2. The summed E-state index contributed by atoms with van der Waals surface area (Å²) < 4.78 is 6.27. The normalized spacial score (nSPS) is 15.5. The van der Waals surface area contributed by atoms with Gasteiger partial charge in [-0.05, 0) is 13.1 Å². The average Bonchev–Trinajstić information content (AvgIpc) is 2.28. The molecule has 0 aliphatic rings. The molecule has 0 saturated heterocycles. The topological polar surface area (TPSA) is 6.48 Å². The maximum absolute atomic E-state index is 3.14. The Kier molecular flexibility index (Phi) is 10.5. The van der Waals surface area contributed by atoms with Crippen LogP contribution in [0.2, 0.25) is 37.3 Å². The Morgan fingerprint density at radius 3 is 1.06 bits per heavy atom. The van der Waals surface area contributed by atoms with E-state index in [1.807, 2.05) is 0 Å². The van der Waals surface area contributed by atoms with Gasteiger partial charge in [0.2, 0.25) is 0 Å². The van der Waals surface area contributed by atoms with Gasteiger partial charge in [0.15, 0.2) is 8.40 Å². The van der Waals surface area contributed by atoms with Gasteiger partial charge < -0.3 is 7.79 Å². The number of hydrogen-bond acceptors (Lipinski definition) is 2. The Morgan fingerprint density at radius 2 is 0.882 bits per heavy atom. The molecular formula is C10H34N2Si5. The van der Waals surface area contributed by atoms with E-state index in [4.69, 9.17) is 0 Å². The molecule has 17 heavy (non-hydrogen) atoms. The standard InChI is InChI=1S/C10H34N2Si5/c1-7-13-11(14-8-2)17(5,6)12(15-9-3)16-10-4/h7-10,13-16H2,1-6H3. The highest BCUT2D eigenvalue weighted by atomic mass is 28.5. The van der Waals surface area contributed by atoms with Crippen molar-refractivity contribution in [1.82, 2.24) is 7.79 Å². The van der Waals surface area contributed by atoms with Crippen LogP contribution in [0.15, 0.2) is 0 Å². The van der Waals surface area contributed by atoms with E-state index in [0.29, 0.717) is 0 Å². The summed E-state index contributed by atoms with van der Waals surface area (Å²) in [5.41, 5.74) is 0. The monoisotopic (exact) mass is 322 g/mol. The SMILES string of the molecule is CC[SiH2]N([SiH2]CC)[Si](C)(C)N([SiH2]CC)[SiH2]CC. The van der Waals surface area contributed by atoms with Crippen molar-refractivity contribution < 1.29 is 0 Å². The molecule has 0 amide bonds. The summed E-state index contributed by atoms with van der Waals surface area (Å²) in [4.78, 5) is 0. The van der Waals surface area contributed by atoms with E-state index in [1.165, 1.54) is 24.2 Å². The van der Waals surface area contributed by atoms with Crippen LogP contribution in [0.5, 0.6) is 0 Å². The molecule has 7 heteroatoms. The third-order valence-corrected chi connectivity index (χ3v) is 26.3. The largest absolute Gasteiger partial charge is 0.367 e. The first-order chi connectivity index (χ1) is 8.04. The van der Waals surface area contributed by atoms with Gasteiger partial charge in [0.1, 0.15) is 0 Å². The second kappa shape index (κ2) is 9.87. The van der Waals surface area contributed by atoms with E-state index < -0.39 is 8.40 Å². The van der Waals surface area contributed by atoms with Gasteiger partial charge in [-0.15, -0.1) is 0 Å². The lowest BCUT2D eigenvalue weighted by Crippen LogP contribution is -2.65. The first-order valence-electron chi connectivity index (χ1n) is 7.54. The summed E-state index contributed by atoms with van der Waals surface area (Å²) in [6.45, 7) is 15.0. The highest BCUT2D eigenvalue weighted by Gasteiger charge is 2.33. The lowest BCUT2D eigenvalue weighted by Gasteiger charge is -2.46. The van der Waals surface area contributed by atoms with Gasteiger partial charge in [-0.3, -0.25) is 0 Å². The lowest BCUT2D eigenvalue weighted by molar-refractivity contribution is 0.835. The molecule has 0 aromatic heterocycles. The van der Waals surface area contributed by atoms with E-state index in [1.54, 1.807) is 0 Å². The first kappa shape index (κ1) is 18.0. The molecule has 0 heterocycles. The van der Waals surface area contributed by atoms with Crippen molar-refractivity contribution in [2.75, 3.05) is 0 Å². The molecule has 0 rings (SSSR count). The summed E-state index contributed by atoms with van der Waals surface area (Å²) >= 11 is 0. The summed E-state index contributed by atoms with van der Waals surface area (Å²) in [5.74, 6) is 0. The molecule has 2 nitrogen and oxygen atoms in total. The van der Waals surface area contributed by atoms with Crippen molar-refractivity contribution in [1.29, 1.82) is 0 Å². The van der Waals surface area contributed by atoms with Crippen LogP contribution >= 0.6 is 0 Å². The molecular weight excluding hydrogens is 289 g/mol. The maximum Gasteiger partial charge on any atom is 0.172 e. The van der Waals surface area contributed by atoms with E-state index in [2.05, 4.69) is 48.6 Å². The average molecular weight is 323 g/mol. The molecule has 0 unspecified atom stereocenters. The summed E-state index contributed by atoms with van der Waals surface area (Å²) in [7, 11) is -0.719. The third kappa shape index (κ3) is 6.12. The van der Waals surface area contributed by atoms with Crippen molar-refractivity contribution in [2.24, 2.45) is 0 Å². The highest BCUT2D eigenvalue weighted by Crippen LogP contribution is 2.15. The Morgan fingerprint density at radius 1 is 0.647 bits per heavy atom. The molecule has 0 aromatic rings. The van der Waals surface area contributed by atoms with Crippen LogP contribution in [0, 0.1) is 0 Å². The van der Waals surface area contributed by atoms with Gasteiger partial charge in [-0.1, -0.05) is 51.9 Å². The molecule has 0 radical (unpaired) electrons. The van der Waals surface area contributed by atoms with Crippen molar-refractivity contribution in [3.05, 3.63) is 0 Å². The second-order valence-electron chi connectivity index (χ2n) is 5.47. The quantitative estimate of drug-likeness (QED) is 0.537. The molecule has 0 saturated carbocycles. The molecule has 0 aromatic carbocycles. The molecule has 0 aliphatic heterocycles. The van der Waals surface area contributed by atoms with Crippen LogP contribution in [0.1, 0.15) is 27.7 Å². The van der Waals surface area contributed by atoms with E-state index >= 15 is 0 Å². The fraction of sp³-hybridized carbons (Fsp3) is 1.00. The fourth-order valence-electron chi connectivity index (χ4n) is 2.60. The van der Waals surface area contributed by atoms with Crippen molar-refractivity contribution >= 4 is 47.1 Å². The highest BCUT2D eigenvalue weighted by molar-refractivity contribution is 6.92. The first-order valence-corrected chi connectivity index (χ1v) is 17.0. The molecule has 0 bridgehead atoms. The van der Waals surface area contributed by atoms with Crippen molar-refractivity contribution in [3.8, 4) is 0 Å². The summed E-state index contributed by atoms with van der Waals surface area (Å²) in [6.07, 6.45) is 0. The Labute approximate surface area is 120 Å². The van der Waals surface area contributed by atoms with Gasteiger partial charge in [0.05, 0.1) is 38.7 Å². The molecule has 0 N–H and O–H groups in total. The molecule has 0 spiro atoms. The zero-order chi connectivity index (χ0) is 13.3. The van der Waals surface area contributed by atoms with Gasteiger partial charge in [-0.2, -0.15) is 0 Å². The Hall–Kier alpha value is 1.00. The van der Waals surface area contributed by atoms with E-state index in [-0.39, 0.29) is 38.7 Å². The van der Waals surface area contributed by atoms with E-state index in [0.717, 1.165) is 0 Å². The minimum absolute atomic E-state index is 0.103. The van der Waals surface area contributed by atoms with Crippen LogP contribution in [0.3, 0.4) is 0 Å². The third-order valence-electron chi connectivity index (χ3n) is 3.52. The van der Waals surface area contributed by atoms with Gasteiger partial charge in [0.25, 0.3) is 0 Å². The van der Waals surface area contributed by atoms with Gasteiger partial charge >= 0.3 is 0 Å². The predicted molar refractivity (Wildman–Crippen MR) is 97.3 cm³/mol. The van der Waals surface area contributed by atoms with Crippen molar-refractivity contribution in [3.63, 3.8) is 0 Å². The van der Waals surface area contributed by atoms with Crippen molar-refractivity contribution in [2.45, 2.75) is 65.0 Å². The van der Waals surface area contributed by atoms with Crippen LogP contribution in [-0.4, -0.2) is 54.9 Å². The van der Waals surface area contributed by atoms with Crippen LogP contribution in [0.25, 0.3) is 0 Å². The fourth-order valence-corrected chi connectivity index (χ4v) is 27.0. The van der Waals surface area contributed by atoms with E-state index in [9.17, 15) is 0 Å². The lowest BCUT2D eigenvalue weighted by atomic mass is 11.0. The van der Waals surface area contributed by atoms with Crippen LogP contribution in [-0.2, 0) is 0 Å². The van der Waals surface area contributed by atoms with Gasteiger partial charge in [-0.25, -0.2) is 0 Å². The molecule has 0 fully saturated rings. The number of hydrogen-bond donors (Lipinski definition) is 0. The smallest absolute Gasteiger partial charge is 0.172 e. The van der Waals surface area contributed by atoms with Gasteiger partial charge in [0, 0.05) is 0 Å². The second-order valence-corrected chi connectivity index (χ2v) is 22.9. The molecule has 0 aliphatic carbocycles. The summed E-state index contributed by atoms with van der Waals surface area (Å²) in [6, 6.07) is 5.94. The molecule has 0 atom stereocenters. The number of rotatable bonds is 10. The zero-order valence-corrected chi connectivity index (χ0v) is 19.7. The minimum atomic E-state index is -1.13. The Balaban J connectivity index is 4.71. The zero-order valence-electron chi connectivity index (χ0n) is 13.1. The van der Waals surface area contributed by atoms with Crippen LogP contribution < -0.4 is 0 Å². The molecule has 104 valence electrons.